The van der Waals surface area contributed by atoms with Crippen LogP contribution in [0, 0.1) is 6.92 Å². The Hall–Kier alpha value is -1.59. The van der Waals surface area contributed by atoms with Crippen molar-refractivity contribution in [3.8, 4) is 5.75 Å². The minimum atomic E-state index is -0.269. The number of hydrogen-bond donors (Lipinski definition) is 1. The van der Waals surface area contributed by atoms with Crippen molar-refractivity contribution in [1.82, 2.24) is 4.98 Å². The summed E-state index contributed by atoms with van der Waals surface area (Å²) in [5.41, 5.74) is 1.25. The minimum absolute atomic E-state index is 0.269. The Morgan fingerprint density at radius 2 is 2.14 bits per heavy atom. The molecule has 0 bridgehead atoms. The van der Waals surface area contributed by atoms with Crippen molar-refractivity contribution in [3.63, 3.8) is 0 Å². The first-order chi connectivity index (χ1) is 10.0. The summed E-state index contributed by atoms with van der Waals surface area (Å²) >= 11 is 9.44. The smallest absolute Gasteiger partial charge is 0.256 e. The van der Waals surface area contributed by atoms with Crippen LogP contribution >= 0.6 is 27.5 Å². The highest BCUT2D eigenvalue weighted by atomic mass is 79.9. The van der Waals surface area contributed by atoms with E-state index in [1.165, 1.54) is 0 Å². The van der Waals surface area contributed by atoms with Crippen LogP contribution in [0.15, 0.2) is 34.8 Å². The highest BCUT2D eigenvalue weighted by molar-refractivity contribution is 9.10. The average Bonchev–Trinajstić information content (AvgIpc) is 2.45. The van der Waals surface area contributed by atoms with Crippen LogP contribution in [0.3, 0.4) is 0 Å². The number of aryl methyl sites for hydroxylation is 1. The van der Waals surface area contributed by atoms with Crippen molar-refractivity contribution >= 4 is 39.3 Å². The Kier molecular flexibility index (Phi) is 5.20. The van der Waals surface area contributed by atoms with Crippen molar-refractivity contribution in [2.45, 2.75) is 13.8 Å². The molecule has 0 spiro atoms. The molecule has 0 aliphatic rings. The second-order valence-corrected chi connectivity index (χ2v) is 5.56. The summed E-state index contributed by atoms with van der Waals surface area (Å²) in [6, 6.07) is 8.49. The molecule has 0 fully saturated rings. The van der Waals surface area contributed by atoms with E-state index in [-0.39, 0.29) is 5.91 Å². The molecular weight excluding hydrogens is 356 g/mol. The number of rotatable bonds is 4. The van der Waals surface area contributed by atoms with Crippen LogP contribution in [-0.4, -0.2) is 17.5 Å². The fourth-order valence-corrected chi connectivity index (χ4v) is 2.17. The zero-order valence-corrected chi connectivity index (χ0v) is 14.0. The lowest BCUT2D eigenvalue weighted by atomic mass is 10.2. The Morgan fingerprint density at radius 3 is 2.76 bits per heavy atom. The second-order valence-electron chi connectivity index (χ2n) is 4.30. The van der Waals surface area contributed by atoms with Gasteiger partial charge in [0.05, 0.1) is 17.3 Å². The fourth-order valence-electron chi connectivity index (χ4n) is 1.72. The van der Waals surface area contributed by atoms with Gasteiger partial charge in [-0.15, -0.1) is 0 Å². The topological polar surface area (TPSA) is 51.2 Å². The molecule has 6 heteroatoms. The van der Waals surface area contributed by atoms with Crippen LogP contribution < -0.4 is 10.1 Å². The highest BCUT2D eigenvalue weighted by Gasteiger charge is 2.10. The molecule has 0 saturated carbocycles. The van der Waals surface area contributed by atoms with Gasteiger partial charge in [0.2, 0.25) is 0 Å². The zero-order valence-electron chi connectivity index (χ0n) is 11.6. The molecule has 4 nitrogen and oxygen atoms in total. The average molecular weight is 370 g/mol. The number of pyridine rings is 1. The number of halogens is 2. The summed E-state index contributed by atoms with van der Waals surface area (Å²) in [4.78, 5) is 16.4. The van der Waals surface area contributed by atoms with Gasteiger partial charge in [-0.05, 0) is 60.1 Å². The summed E-state index contributed by atoms with van der Waals surface area (Å²) < 4.78 is 6.23. The molecular formula is C15H14BrClN2O2. The molecule has 0 atom stereocenters. The van der Waals surface area contributed by atoms with Gasteiger partial charge in [0, 0.05) is 10.0 Å². The molecule has 2 rings (SSSR count). The molecule has 0 saturated heterocycles. The van der Waals surface area contributed by atoms with Crippen molar-refractivity contribution in [3.05, 3.63) is 51.1 Å². The van der Waals surface area contributed by atoms with E-state index in [1.54, 1.807) is 24.3 Å². The molecule has 0 aliphatic heterocycles. The summed E-state index contributed by atoms with van der Waals surface area (Å²) in [5, 5.41) is 3.14. The Morgan fingerprint density at radius 1 is 1.38 bits per heavy atom. The van der Waals surface area contributed by atoms with Crippen LogP contribution in [0.4, 0.5) is 5.82 Å². The first kappa shape index (κ1) is 15.8. The van der Waals surface area contributed by atoms with Crippen LogP contribution in [0.25, 0.3) is 0 Å². The minimum Gasteiger partial charge on any atom is -0.492 e. The molecule has 21 heavy (non-hydrogen) atoms. The Bertz CT molecular complexity index is 677. The monoisotopic (exact) mass is 368 g/mol. The van der Waals surface area contributed by atoms with E-state index in [0.717, 1.165) is 10.2 Å². The summed E-state index contributed by atoms with van der Waals surface area (Å²) in [6.45, 7) is 4.25. The largest absolute Gasteiger partial charge is 0.492 e. The molecule has 1 heterocycles. The molecule has 1 amide bonds. The van der Waals surface area contributed by atoms with Gasteiger partial charge in [0.25, 0.3) is 5.91 Å². The van der Waals surface area contributed by atoms with E-state index >= 15 is 0 Å². The predicted octanol–water partition coefficient (Wildman–Crippen LogP) is 4.46. The van der Waals surface area contributed by atoms with Crippen LogP contribution in [0.2, 0.25) is 5.02 Å². The van der Waals surface area contributed by atoms with Crippen molar-refractivity contribution in [2.24, 2.45) is 0 Å². The van der Waals surface area contributed by atoms with Gasteiger partial charge in [-0.1, -0.05) is 11.6 Å². The number of nitrogens with zero attached hydrogens (tertiary/aromatic N) is 1. The lowest BCUT2D eigenvalue weighted by molar-refractivity contribution is 0.102. The van der Waals surface area contributed by atoms with E-state index in [4.69, 9.17) is 16.3 Å². The maximum atomic E-state index is 12.2. The van der Waals surface area contributed by atoms with Gasteiger partial charge in [-0.3, -0.25) is 4.79 Å². The van der Waals surface area contributed by atoms with E-state index < -0.39 is 0 Å². The van der Waals surface area contributed by atoms with E-state index in [0.29, 0.717) is 28.8 Å². The number of carbonyl (C=O) groups is 1. The number of amides is 1. The highest BCUT2D eigenvalue weighted by Crippen LogP contribution is 2.26. The van der Waals surface area contributed by atoms with Crippen LogP contribution in [0.5, 0.6) is 5.75 Å². The zero-order chi connectivity index (χ0) is 15.4. The number of anilines is 1. The molecule has 1 aromatic heterocycles. The quantitative estimate of drug-likeness (QED) is 0.866. The van der Waals surface area contributed by atoms with Crippen LogP contribution in [0.1, 0.15) is 23.0 Å². The summed E-state index contributed by atoms with van der Waals surface area (Å²) in [5.74, 6) is 0.785. The third kappa shape index (κ3) is 3.95. The molecule has 0 unspecified atom stereocenters. The number of aromatic nitrogens is 1. The number of hydrogen-bond acceptors (Lipinski definition) is 3. The lowest BCUT2D eigenvalue weighted by Gasteiger charge is -2.09. The predicted molar refractivity (Wildman–Crippen MR) is 87.2 cm³/mol. The molecule has 1 N–H and O–H groups in total. The van der Waals surface area contributed by atoms with Gasteiger partial charge in [0.15, 0.2) is 0 Å². The summed E-state index contributed by atoms with van der Waals surface area (Å²) in [6.07, 6.45) is 0. The third-order valence-electron chi connectivity index (χ3n) is 2.76. The second kappa shape index (κ2) is 6.91. The standard InChI is InChI=1S/C15H14BrClN2O2/c1-3-21-13-6-4-10(8-12(13)17)15(20)19-14-7-5-11(16)9(2)18-14/h4-8H,3H2,1-2H3,(H,18,19,20). The molecule has 0 aliphatic carbocycles. The molecule has 1 aromatic carbocycles. The van der Waals surface area contributed by atoms with Crippen molar-refractivity contribution in [1.29, 1.82) is 0 Å². The van der Waals surface area contributed by atoms with Crippen molar-refractivity contribution in [2.75, 3.05) is 11.9 Å². The first-order valence-electron chi connectivity index (χ1n) is 6.38. The van der Waals surface area contributed by atoms with Gasteiger partial charge in [-0.25, -0.2) is 4.98 Å². The number of nitrogens with one attached hydrogen (secondary N) is 1. The fraction of sp³-hybridized carbons (Fsp3) is 0.200. The molecule has 110 valence electrons. The van der Waals surface area contributed by atoms with E-state index in [1.807, 2.05) is 19.9 Å². The van der Waals surface area contributed by atoms with Gasteiger partial charge >= 0.3 is 0 Å². The number of benzene rings is 1. The Balaban J connectivity index is 2.16. The number of ether oxygens (including phenoxy) is 1. The van der Waals surface area contributed by atoms with E-state index in [2.05, 4.69) is 26.2 Å². The first-order valence-corrected chi connectivity index (χ1v) is 7.55. The van der Waals surface area contributed by atoms with Crippen molar-refractivity contribution < 1.29 is 9.53 Å². The van der Waals surface area contributed by atoms with Gasteiger partial charge < -0.3 is 10.1 Å². The normalized spacial score (nSPS) is 10.3. The number of carbonyl (C=O) groups excluding carboxylic acids is 1. The lowest BCUT2D eigenvalue weighted by Crippen LogP contribution is -2.13. The molecule has 2 aromatic rings. The maximum absolute atomic E-state index is 12.2. The Labute approximate surface area is 136 Å². The third-order valence-corrected chi connectivity index (χ3v) is 3.89. The maximum Gasteiger partial charge on any atom is 0.256 e. The van der Waals surface area contributed by atoms with Crippen LogP contribution in [-0.2, 0) is 0 Å². The van der Waals surface area contributed by atoms with Gasteiger partial charge in [-0.2, -0.15) is 0 Å². The van der Waals surface area contributed by atoms with E-state index in [9.17, 15) is 4.79 Å². The molecule has 0 radical (unpaired) electrons. The SMILES string of the molecule is CCOc1ccc(C(=O)Nc2ccc(Br)c(C)n2)cc1Cl. The van der Waals surface area contributed by atoms with Gasteiger partial charge in [0.1, 0.15) is 11.6 Å². The summed E-state index contributed by atoms with van der Waals surface area (Å²) in [7, 11) is 0.